The first kappa shape index (κ1) is 15.9. The van der Waals surface area contributed by atoms with Crippen molar-refractivity contribution in [3.05, 3.63) is 57.6 Å². The van der Waals surface area contributed by atoms with Crippen molar-refractivity contribution in [2.75, 3.05) is 6.54 Å². The summed E-state index contributed by atoms with van der Waals surface area (Å²) in [6.45, 7) is 5.65. The zero-order chi connectivity index (χ0) is 15.4. The Balaban J connectivity index is 2.22. The average molecular weight is 356 g/mol. The van der Waals surface area contributed by atoms with Crippen LogP contribution < -0.4 is 10.1 Å². The molecule has 0 radical (unpaired) electrons. The van der Waals surface area contributed by atoms with Gasteiger partial charge in [0, 0.05) is 11.0 Å². The van der Waals surface area contributed by atoms with Gasteiger partial charge in [-0.15, -0.1) is 0 Å². The van der Waals surface area contributed by atoms with E-state index >= 15 is 0 Å². The standard InChI is InChI=1S/C16H16BrF2NO/c1-3-20-9-11-4-5-13(6-10(11)2)21-15-8-12(17)7-14(18)16(15)19/h4-8,20H,3,9H2,1-2H3. The average Bonchev–Trinajstić information content (AvgIpc) is 2.43. The second-order valence-electron chi connectivity index (χ2n) is 4.67. The third-order valence-corrected chi connectivity index (χ3v) is 3.52. The second-order valence-corrected chi connectivity index (χ2v) is 5.59. The minimum Gasteiger partial charge on any atom is -0.454 e. The van der Waals surface area contributed by atoms with Gasteiger partial charge in [0.05, 0.1) is 0 Å². The van der Waals surface area contributed by atoms with Crippen molar-refractivity contribution in [3.8, 4) is 11.5 Å². The molecule has 0 saturated heterocycles. The molecule has 112 valence electrons. The van der Waals surface area contributed by atoms with Crippen LogP contribution in [0.3, 0.4) is 0 Å². The maximum Gasteiger partial charge on any atom is 0.201 e. The summed E-state index contributed by atoms with van der Waals surface area (Å²) >= 11 is 3.12. The SMILES string of the molecule is CCNCc1ccc(Oc2cc(Br)cc(F)c2F)cc1C. The Morgan fingerprint density at radius 3 is 2.62 bits per heavy atom. The van der Waals surface area contributed by atoms with Crippen molar-refractivity contribution in [2.45, 2.75) is 20.4 Å². The van der Waals surface area contributed by atoms with Gasteiger partial charge in [0.1, 0.15) is 5.75 Å². The summed E-state index contributed by atoms with van der Waals surface area (Å²) in [6.07, 6.45) is 0. The number of benzene rings is 2. The Morgan fingerprint density at radius 2 is 1.95 bits per heavy atom. The molecule has 0 aliphatic rings. The molecule has 5 heteroatoms. The highest BCUT2D eigenvalue weighted by molar-refractivity contribution is 9.10. The molecule has 0 amide bonds. The second kappa shape index (κ2) is 7.00. The van der Waals surface area contributed by atoms with E-state index in [0.29, 0.717) is 10.2 Å². The fourth-order valence-electron chi connectivity index (χ4n) is 1.92. The van der Waals surface area contributed by atoms with Crippen LogP contribution in [-0.4, -0.2) is 6.54 Å². The van der Waals surface area contributed by atoms with Crippen LogP contribution in [0.2, 0.25) is 0 Å². The minimum absolute atomic E-state index is 0.138. The van der Waals surface area contributed by atoms with Crippen LogP contribution >= 0.6 is 15.9 Å². The van der Waals surface area contributed by atoms with Gasteiger partial charge >= 0.3 is 0 Å². The molecule has 0 heterocycles. The normalized spacial score (nSPS) is 10.7. The lowest BCUT2D eigenvalue weighted by Crippen LogP contribution is -2.12. The monoisotopic (exact) mass is 355 g/mol. The van der Waals surface area contributed by atoms with Crippen LogP contribution in [0.5, 0.6) is 11.5 Å². The molecule has 2 rings (SSSR count). The molecular formula is C16H16BrF2NO. The summed E-state index contributed by atoms with van der Waals surface area (Å²) in [6, 6.07) is 7.94. The van der Waals surface area contributed by atoms with E-state index in [1.165, 1.54) is 6.07 Å². The van der Waals surface area contributed by atoms with Crippen molar-refractivity contribution in [3.63, 3.8) is 0 Å². The van der Waals surface area contributed by atoms with Gasteiger partial charge in [0.25, 0.3) is 0 Å². The topological polar surface area (TPSA) is 21.3 Å². The summed E-state index contributed by atoms with van der Waals surface area (Å²) < 4.78 is 32.9. The summed E-state index contributed by atoms with van der Waals surface area (Å²) in [7, 11) is 0. The van der Waals surface area contributed by atoms with Crippen molar-refractivity contribution >= 4 is 15.9 Å². The Labute approximate surface area is 131 Å². The molecule has 0 aromatic heterocycles. The van der Waals surface area contributed by atoms with Crippen molar-refractivity contribution in [1.82, 2.24) is 5.32 Å². The fourth-order valence-corrected chi connectivity index (χ4v) is 2.33. The maximum absolute atomic E-state index is 13.7. The summed E-state index contributed by atoms with van der Waals surface area (Å²) in [5, 5.41) is 3.24. The number of ether oxygens (including phenoxy) is 1. The summed E-state index contributed by atoms with van der Waals surface area (Å²) in [4.78, 5) is 0. The van der Waals surface area contributed by atoms with Gasteiger partial charge in [0.2, 0.25) is 5.82 Å². The first-order valence-electron chi connectivity index (χ1n) is 6.64. The van der Waals surface area contributed by atoms with E-state index in [-0.39, 0.29) is 5.75 Å². The fraction of sp³-hybridized carbons (Fsp3) is 0.250. The maximum atomic E-state index is 13.7. The van der Waals surface area contributed by atoms with E-state index in [2.05, 4.69) is 21.2 Å². The first-order chi connectivity index (χ1) is 10.0. The molecule has 1 N–H and O–H groups in total. The first-order valence-corrected chi connectivity index (χ1v) is 7.43. The smallest absolute Gasteiger partial charge is 0.201 e. The minimum atomic E-state index is -0.993. The van der Waals surface area contributed by atoms with E-state index < -0.39 is 11.6 Å². The number of hydrogen-bond acceptors (Lipinski definition) is 2. The quantitative estimate of drug-likeness (QED) is 0.767. The Morgan fingerprint density at radius 1 is 1.19 bits per heavy atom. The molecule has 0 aliphatic heterocycles. The lowest BCUT2D eigenvalue weighted by molar-refractivity contribution is 0.415. The molecule has 0 spiro atoms. The van der Waals surface area contributed by atoms with Gasteiger partial charge < -0.3 is 10.1 Å². The zero-order valence-electron chi connectivity index (χ0n) is 11.8. The van der Waals surface area contributed by atoms with E-state index in [4.69, 9.17) is 4.74 Å². The summed E-state index contributed by atoms with van der Waals surface area (Å²) in [5.74, 6) is -1.60. The van der Waals surface area contributed by atoms with Gasteiger partial charge in [-0.2, -0.15) is 4.39 Å². The van der Waals surface area contributed by atoms with Crippen LogP contribution in [0.4, 0.5) is 8.78 Å². The van der Waals surface area contributed by atoms with Crippen LogP contribution in [0.25, 0.3) is 0 Å². The molecule has 0 atom stereocenters. The number of nitrogens with one attached hydrogen (secondary N) is 1. The van der Waals surface area contributed by atoms with E-state index in [9.17, 15) is 8.78 Å². The molecular weight excluding hydrogens is 340 g/mol. The third-order valence-electron chi connectivity index (χ3n) is 3.07. The molecule has 2 aromatic carbocycles. The van der Waals surface area contributed by atoms with Gasteiger partial charge in [-0.1, -0.05) is 28.9 Å². The van der Waals surface area contributed by atoms with E-state index in [1.54, 1.807) is 6.07 Å². The van der Waals surface area contributed by atoms with Gasteiger partial charge in [-0.05, 0) is 48.9 Å². The molecule has 2 nitrogen and oxygen atoms in total. The molecule has 0 fully saturated rings. The Bertz CT molecular complexity index is 646. The molecule has 21 heavy (non-hydrogen) atoms. The van der Waals surface area contributed by atoms with Crippen LogP contribution in [0, 0.1) is 18.6 Å². The van der Waals surface area contributed by atoms with Gasteiger partial charge in [-0.25, -0.2) is 4.39 Å². The molecule has 0 bridgehead atoms. The third kappa shape index (κ3) is 4.02. The van der Waals surface area contributed by atoms with Crippen molar-refractivity contribution < 1.29 is 13.5 Å². The van der Waals surface area contributed by atoms with Crippen molar-refractivity contribution in [2.24, 2.45) is 0 Å². The number of rotatable bonds is 5. The molecule has 0 saturated carbocycles. The predicted molar refractivity (Wildman–Crippen MR) is 82.7 cm³/mol. The highest BCUT2D eigenvalue weighted by Crippen LogP contribution is 2.30. The zero-order valence-corrected chi connectivity index (χ0v) is 13.4. The van der Waals surface area contributed by atoms with Gasteiger partial charge in [-0.3, -0.25) is 0 Å². The van der Waals surface area contributed by atoms with Crippen LogP contribution in [0.15, 0.2) is 34.8 Å². The summed E-state index contributed by atoms with van der Waals surface area (Å²) in [5.41, 5.74) is 2.18. The Hall–Kier alpha value is -1.46. The van der Waals surface area contributed by atoms with Crippen LogP contribution in [0.1, 0.15) is 18.1 Å². The lowest BCUT2D eigenvalue weighted by atomic mass is 10.1. The highest BCUT2D eigenvalue weighted by atomic mass is 79.9. The van der Waals surface area contributed by atoms with E-state index in [0.717, 1.165) is 30.3 Å². The number of halogens is 3. The predicted octanol–water partition coefficient (Wildman–Crippen LogP) is 4.94. The lowest BCUT2D eigenvalue weighted by Gasteiger charge is -2.11. The van der Waals surface area contributed by atoms with Crippen LogP contribution in [-0.2, 0) is 6.54 Å². The Kier molecular flexibility index (Phi) is 5.31. The molecule has 0 unspecified atom stereocenters. The largest absolute Gasteiger partial charge is 0.454 e. The molecule has 0 aliphatic carbocycles. The number of aryl methyl sites for hydroxylation is 1. The van der Waals surface area contributed by atoms with E-state index in [1.807, 2.05) is 26.0 Å². The number of hydrogen-bond donors (Lipinski definition) is 1. The van der Waals surface area contributed by atoms with Gasteiger partial charge in [0.15, 0.2) is 11.6 Å². The van der Waals surface area contributed by atoms with Crippen molar-refractivity contribution in [1.29, 1.82) is 0 Å². The molecule has 2 aromatic rings. The highest BCUT2D eigenvalue weighted by Gasteiger charge is 2.12.